The molecule has 2 aromatic rings. The van der Waals surface area contributed by atoms with Crippen molar-refractivity contribution in [3.63, 3.8) is 0 Å². The van der Waals surface area contributed by atoms with Crippen LogP contribution in [0.3, 0.4) is 0 Å². The monoisotopic (exact) mass is 429 g/mol. The van der Waals surface area contributed by atoms with Crippen molar-refractivity contribution in [3.8, 4) is 0 Å². The lowest BCUT2D eigenvalue weighted by Gasteiger charge is -2.24. The summed E-state index contributed by atoms with van der Waals surface area (Å²) in [4.78, 5) is 39.5. The van der Waals surface area contributed by atoms with Gasteiger partial charge in [-0.2, -0.15) is 0 Å². The second-order valence-corrected chi connectivity index (χ2v) is 9.37. The minimum absolute atomic E-state index is 0.0354. The Morgan fingerprint density at radius 3 is 2.31 bits per heavy atom. The van der Waals surface area contributed by atoms with Gasteiger partial charge in [-0.05, 0) is 18.6 Å². The summed E-state index contributed by atoms with van der Waals surface area (Å²) in [5, 5.41) is 9.55. The number of hydrogen-bond donors (Lipinski definition) is 1. The van der Waals surface area contributed by atoms with Crippen molar-refractivity contribution in [2.24, 2.45) is 5.92 Å². The topological polar surface area (TPSA) is 74.7 Å². The molecule has 3 rings (SSSR count). The molecule has 1 heterocycles. The maximum absolute atomic E-state index is 12.9. The smallest absolute Gasteiger partial charge is 0.326 e. The lowest BCUT2D eigenvalue weighted by atomic mass is 10.1. The minimum Gasteiger partial charge on any atom is -0.480 e. The van der Waals surface area contributed by atoms with E-state index in [9.17, 15) is 19.5 Å². The van der Waals surface area contributed by atoms with Crippen LogP contribution in [-0.4, -0.2) is 50.6 Å². The Morgan fingerprint density at radius 1 is 1.07 bits per heavy atom. The van der Waals surface area contributed by atoms with Crippen molar-refractivity contribution < 1.29 is 19.5 Å². The largest absolute Gasteiger partial charge is 0.480 e. The number of carboxylic acid groups (broad SMARTS) is 1. The van der Waals surface area contributed by atoms with Gasteiger partial charge < -0.3 is 10.0 Å². The number of aliphatic carboxylic acids is 1. The molecule has 1 N–H and O–H groups in total. The van der Waals surface area contributed by atoms with Gasteiger partial charge in [-0.3, -0.25) is 9.59 Å². The first kappa shape index (κ1) is 21.5. The molecule has 1 aliphatic heterocycles. The maximum atomic E-state index is 12.9. The maximum Gasteiger partial charge on any atom is 0.326 e. The molecule has 1 amide bonds. The van der Waals surface area contributed by atoms with Crippen molar-refractivity contribution >= 4 is 40.5 Å². The molecule has 1 aliphatic rings. The molecule has 3 atom stereocenters. The number of rotatable bonds is 7. The summed E-state index contributed by atoms with van der Waals surface area (Å²) >= 11 is 2.70. The van der Waals surface area contributed by atoms with Gasteiger partial charge in [0.1, 0.15) is 6.04 Å². The van der Waals surface area contributed by atoms with E-state index in [1.807, 2.05) is 36.4 Å². The lowest BCUT2D eigenvalue weighted by molar-refractivity contribution is -0.149. The summed E-state index contributed by atoms with van der Waals surface area (Å²) < 4.78 is 0. The third-order valence-corrected chi connectivity index (χ3v) is 7.16. The summed E-state index contributed by atoms with van der Waals surface area (Å²) in [6.07, 6.45) is 0.420. The Bertz CT molecular complexity index is 860. The van der Waals surface area contributed by atoms with Crippen LogP contribution in [0.4, 0.5) is 0 Å². The number of nitrogens with zero attached hydrogens (tertiary/aromatic N) is 1. The minimum atomic E-state index is -0.977. The lowest BCUT2D eigenvalue weighted by Crippen LogP contribution is -2.43. The molecule has 0 aliphatic carbocycles. The Morgan fingerprint density at radius 2 is 1.69 bits per heavy atom. The molecular weight excluding hydrogens is 406 g/mol. The number of likely N-dealkylation sites (tertiary alicyclic amines) is 1. The summed E-state index contributed by atoms with van der Waals surface area (Å²) in [7, 11) is 0. The fourth-order valence-electron chi connectivity index (χ4n) is 3.26. The van der Waals surface area contributed by atoms with E-state index in [1.165, 1.54) is 4.90 Å². The van der Waals surface area contributed by atoms with Crippen molar-refractivity contribution in [3.05, 3.63) is 66.2 Å². The summed E-state index contributed by atoms with van der Waals surface area (Å²) in [5.41, 5.74) is 0.598. The zero-order valence-corrected chi connectivity index (χ0v) is 17.7. The van der Waals surface area contributed by atoms with E-state index in [0.29, 0.717) is 24.3 Å². The van der Waals surface area contributed by atoms with Gasteiger partial charge in [-0.25, -0.2) is 4.79 Å². The van der Waals surface area contributed by atoms with Crippen LogP contribution in [-0.2, 0) is 9.59 Å². The number of carboxylic acids is 1. The van der Waals surface area contributed by atoms with E-state index in [4.69, 9.17) is 0 Å². The number of amides is 1. The highest BCUT2D eigenvalue weighted by molar-refractivity contribution is 8.14. The van der Waals surface area contributed by atoms with E-state index in [-0.39, 0.29) is 16.3 Å². The Hall–Kier alpha value is -2.25. The average Bonchev–Trinajstić information content (AvgIpc) is 3.16. The Labute approximate surface area is 178 Å². The third-order valence-electron chi connectivity index (χ3n) is 4.77. The van der Waals surface area contributed by atoms with E-state index in [1.54, 1.807) is 43.0 Å². The quantitative estimate of drug-likeness (QED) is 0.716. The van der Waals surface area contributed by atoms with Gasteiger partial charge in [0.2, 0.25) is 11.0 Å². The molecule has 0 radical (unpaired) electrons. The molecule has 152 valence electrons. The summed E-state index contributed by atoms with van der Waals surface area (Å²) in [6, 6.07) is 17.9. The van der Waals surface area contributed by atoms with Crippen molar-refractivity contribution in [1.82, 2.24) is 4.90 Å². The zero-order valence-electron chi connectivity index (χ0n) is 16.1. The highest BCUT2D eigenvalue weighted by atomic mass is 32.2. The average molecular weight is 430 g/mol. The van der Waals surface area contributed by atoms with Gasteiger partial charge in [0, 0.05) is 33.9 Å². The molecular formula is C22H23NO4S2. The van der Waals surface area contributed by atoms with Crippen LogP contribution in [0.2, 0.25) is 0 Å². The van der Waals surface area contributed by atoms with Crippen LogP contribution < -0.4 is 0 Å². The molecule has 0 saturated carbocycles. The van der Waals surface area contributed by atoms with Gasteiger partial charge in [0.15, 0.2) is 0 Å². The van der Waals surface area contributed by atoms with Crippen LogP contribution in [0.25, 0.3) is 0 Å². The normalized spacial score (nSPS) is 19.7. The number of hydrogen-bond acceptors (Lipinski definition) is 5. The van der Waals surface area contributed by atoms with Crippen LogP contribution in [0.15, 0.2) is 65.6 Å². The van der Waals surface area contributed by atoms with E-state index >= 15 is 0 Å². The molecule has 0 unspecified atom stereocenters. The van der Waals surface area contributed by atoms with Crippen LogP contribution >= 0.6 is 23.5 Å². The van der Waals surface area contributed by atoms with Crippen LogP contribution in [0.5, 0.6) is 0 Å². The van der Waals surface area contributed by atoms with Crippen LogP contribution in [0, 0.1) is 5.92 Å². The van der Waals surface area contributed by atoms with Crippen molar-refractivity contribution in [2.75, 3.05) is 12.3 Å². The predicted octanol–water partition coefficient (Wildman–Crippen LogP) is 4.04. The second-order valence-electron chi connectivity index (χ2n) is 7.00. The SMILES string of the molecule is C[C@H](CSC(=O)c1ccccc1)C(=O)N1C[C@H](Sc2ccccc2)C[C@H]1C(=O)O. The molecule has 0 bridgehead atoms. The van der Waals surface area contributed by atoms with Crippen molar-refractivity contribution in [1.29, 1.82) is 0 Å². The standard InChI is InChI=1S/C22H23NO4S2/c1-15(14-28-22(27)16-8-4-2-5-9-16)20(24)23-13-18(12-19(23)21(25)26)29-17-10-6-3-7-11-17/h2-11,15,18-19H,12-14H2,1H3,(H,25,26)/t15-,18-,19+/m1/s1. The molecule has 29 heavy (non-hydrogen) atoms. The number of benzene rings is 2. The molecule has 1 fully saturated rings. The highest BCUT2D eigenvalue weighted by Crippen LogP contribution is 2.34. The fraction of sp³-hybridized carbons (Fsp3) is 0.318. The number of thioether (sulfide) groups is 2. The first-order valence-electron chi connectivity index (χ1n) is 9.43. The summed E-state index contributed by atoms with van der Waals surface area (Å²) in [5.74, 6) is -1.29. The molecule has 0 spiro atoms. The Balaban J connectivity index is 1.59. The fourth-order valence-corrected chi connectivity index (χ4v) is 5.32. The van der Waals surface area contributed by atoms with Gasteiger partial charge in [0.05, 0.1) is 0 Å². The second kappa shape index (κ2) is 9.98. The van der Waals surface area contributed by atoms with E-state index < -0.39 is 17.9 Å². The van der Waals surface area contributed by atoms with Gasteiger partial charge in [-0.1, -0.05) is 67.2 Å². The van der Waals surface area contributed by atoms with Gasteiger partial charge >= 0.3 is 5.97 Å². The van der Waals surface area contributed by atoms with E-state index in [2.05, 4.69) is 0 Å². The van der Waals surface area contributed by atoms with Crippen LogP contribution in [0.1, 0.15) is 23.7 Å². The molecule has 1 saturated heterocycles. The third kappa shape index (κ3) is 5.64. The highest BCUT2D eigenvalue weighted by Gasteiger charge is 2.41. The Kier molecular flexibility index (Phi) is 7.39. The first-order chi connectivity index (χ1) is 14.0. The first-order valence-corrected chi connectivity index (χ1v) is 11.3. The van der Waals surface area contributed by atoms with E-state index in [0.717, 1.165) is 16.7 Å². The van der Waals surface area contributed by atoms with Gasteiger partial charge in [0.25, 0.3) is 0 Å². The molecule has 2 aromatic carbocycles. The van der Waals surface area contributed by atoms with Gasteiger partial charge in [-0.15, -0.1) is 11.8 Å². The van der Waals surface area contributed by atoms with Crippen molar-refractivity contribution in [2.45, 2.75) is 29.5 Å². The molecule has 7 heteroatoms. The number of carbonyl (C=O) groups excluding carboxylic acids is 2. The molecule has 0 aromatic heterocycles. The zero-order chi connectivity index (χ0) is 20.8. The number of carbonyl (C=O) groups is 3. The summed E-state index contributed by atoms with van der Waals surface area (Å²) in [6.45, 7) is 2.15. The molecule has 5 nitrogen and oxygen atoms in total. The predicted molar refractivity (Wildman–Crippen MR) is 116 cm³/mol.